The van der Waals surface area contributed by atoms with Gasteiger partial charge in [-0.25, -0.2) is 0 Å². The molecule has 5 rings (SSSR count). The Hall–Kier alpha value is -1.38. The fourth-order valence-corrected chi connectivity index (χ4v) is 5.56. The second-order valence-electron chi connectivity index (χ2n) is 7.53. The first-order valence-corrected chi connectivity index (χ1v) is 8.55. The van der Waals surface area contributed by atoms with Gasteiger partial charge in [0, 0.05) is 24.4 Å². The van der Waals surface area contributed by atoms with Gasteiger partial charge in [-0.15, -0.1) is 0 Å². The number of hydrogen-bond donors (Lipinski definition) is 1. The van der Waals surface area contributed by atoms with Gasteiger partial charge in [-0.3, -0.25) is 9.78 Å². The predicted molar refractivity (Wildman–Crippen MR) is 79.4 cm³/mol. The van der Waals surface area contributed by atoms with Crippen molar-refractivity contribution >= 4 is 5.91 Å². The summed E-state index contributed by atoms with van der Waals surface area (Å²) in [5.41, 5.74) is 3.82. The molecule has 1 amide bonds. The first-order valence-electron chi connectivity index (χ1n) is 8.55. The molecule has 1 aromatic heterocycles. The minimum absolute atomic E-state index is 0.307. The third kappa shape index (κ3) is 1.79. The van der Waals surface area contributed by atoms with E-state index in [9.17, 15) is 4.79 Å². The number of aryl methyl sites for hydroxylation is 2. The van der Waals surface area contributed by atoms with E-state index in [1.54, 1.807) is 0 Å². The molecule has 4 aliphatic carbocycles. The second-order valence-corrected chi connectivity index (χ2v) is 7.53. The van der Waals surface area contributed by atoms with Crippen molar-refractivity contribution < 1.29 is 4.79 Å². The Balaban J connectivity index is 1.22. The van der Waals surface area contributed by atoms with Crippen LogP contribution in [0, 0.1) is 29.6 Å². The molecule has 3 fully saturated rings. The molecule has 1 unspecified atom stereocenters. The predicted octanol–water partition coefficient (Wildman–Crippen LogP) is 2.48. The van der Waals surface area contributed by atoms with Crippen molar-refractivity contribution in [1.29, 1.82) is 0 Å². The minimum Gasteiger partial charge on any atom is -0.352 e. The lowest BCUT2D eigenvalue weighted by Gasteiger charge is -2.10. The van der Waals surface area contributed by atoms with E-state index in [1.165, 1.54) is 36.9 Å². The highest BCUT2D eigenvalue weighted by Gasteiger charge is 2.67. The maximum atomic E-state index is 12.4. The Morgan fingerprint density at radius 1 is 1.24 bits per heavy atom. The number of carbonyl (C=O) groups excluding carboxylic acids is 1. The van der Waals surface area contributed by atoms with E-state index in [4.69, 9.17) is 0 Å². The van der Waals surface area contributed by atoms with Gasteiger partial charge in [0.1, 0.15) is 0 Å². The van der Waals surface area contributed by atoms with Crippen LogP contribution in [0.25, 0.3) is 0 Å². The van der Waals surface area contributed by atoms with Crippen LogP contribution in [-0.4, -0.2) is 10.9 Å². The van der Waals surface area contributed by atoms with Gasteiger partial charge < -0.3 is 5.32 Å². The quantitative estimate of drug-likeness (QED) is 0.925. The zero-order valence-electron chi connectivity index (χ0n) is 12.3. The summed E-state index contributed by atoms with van der Waals surface area (Å²) in [5.74, 6) is 3.87. The highest BCUT2D eigenvalue weighted by molar-refractivity contribution is 5.82. The van der Waals surface area contributed by atoms with Crippen molar-refractivity contribution in [2.45, 2.75) is 45.1 Å². The lowest BCUT2D eigenvalue weighted by molar-refractivity contribution is -0.123. The summed E-state index contributed by atoms with van der Waals surface area (Å²) < 4.78 is 0. The van der Waals surface area contributed by atoms with Crippen LogP contribution in [-0.2, 0) is 24.2 Å². The van der Waals surface area contributed by atoms with Gasteiger partial charge in [0.15, 0.2) is 0 Å². The maximum Gasteiger partial charge on any atom is 0.223 e. The fraction of sp³-hybridized carbons (Fsp3) is 0.667. The number of aromatic nitrogens is 1. The number of carbonyl (C=O) groups is 1. The van der Waals surface area contributed by atoms with E-state index in [0.717, 1.165) is 42.1 Å². The SMILES string of the molecule is O=C(NCc1cnc2c(c1)CCC2)C1[C@@H]2[C@H]3CC[C@H](C3)[C@H]12. The Morgan fingerprint density at radius 2 is 2.05 bits per heavy atom. The van der Waals surface area contributed by atoms with E-state index < -0.39 is 0 Å². The van der Waals surface area contributed by atoms with E-state index in [-0.39, 0.29) is 0 Å². The number of pyridine rings is 1. The smallest absolute Gasteiger partial charge is 0.223 e. The minimum atomic E-state index is 0.307. The van der Waals surface area contributed by atoms with Crippen LogP contribution in [0.4, 0.5) is 0 Å². The molecule has 0 aliphatic heterocycles. The Kier molecular flexibility index (Phi) is 2.50. The Morgan fingerprint density at radius 3 is 2.86 bits per heavy atom. The number of nitrogens with one attached hydrogen (secondary N) is 1. The molecule has 5 atom stereocenters. The van der Waals surface area contributed by atoms with E-state index in [1.807, 2.05) is 6.20 Å². The number of fused-ring (bicyclic) bond motifs is 6. The molecule has 3 nitrogen and oxygen atoms in total. The lowest BCUT2D eigenvalue weighted by atomic mass is 10.0. The summed E-state index contributed by atoms with van der Waals surface area (Å²) in [6, 6.07) is 2.24. The van der Waals surface area contributed by atoms with Crippen LogP contribution in [0.1, 0.15) is 42.5 Å². The monoisotopic (exact) mass is 282 g/mol. The summed E-state index contributed by atoms with van der Waals surface area (Å²) >= 11 is 0. The molecule has 4 aliphatic rings. The Bertz CT molecular complexity index is 595. The molecule has 21 heavy (non-hydrogen) atoms. The van der Waals surface area contributed by atoms with Crippen molar-refractivity contribution in [2.24, 2.45) is 29.6 Å². The molecule has 3 saturated carbocycles. The van der Waals surface area contributed by atoms with Gasteiger partial charge in [-0.2, -0.15) is 0 Å². The van der Waals surface area contributed by atoms with Crippen molar-refractivity contribution in [3.8, 4) is 0 Å². The molecule has 0 radical (unpaired) electrons. The average Bonchev–Trinajstić information content (AvgIpc) is 2.87. The van der Waals surface area contributed by atoms with Gasteiger partial charge in [-0.05, 0) is 73.3 Å². The number of amides is 1. The van der Waals surface area contributed by atoms with Gasteiger partial charge in [0.05, 0.1) is 0 Å². The summed E-state index contributed by atoms with van der Waals surface area (Å²) in [4.78, 5) is 17.0. The standard InChI is InChI=1S/C18H22N2O/c21-18(17-15-12-4-5-13(7-12)16(15)17)20-9-10-6-11-2-1-3-14(11)19-8-10/h6,8,12-13,15-17H,1-5,7,9H2,(H,20,21)/t12-,13+,15+,16-,17?. The molecular formula is C18H22N2O. The lowest BCUT2D eigenvalue weighted by Crippen LogP contribution is -2.27. The van der Waals surface area contributed by atoms with Crippen LogP contribution in [0.2, 0.25) is 0 Å². The molecule has 0 aromatic carbocycles. The zero-order chi connectivity index (χ0) is 14.0. The van der Waals surface area contributed by atoms with Crippen LogP contribution in [0.3, 0.4) is 0 Å². The number of nitrogens with zero attached hydrogens (tertiary/aromatic N) is 1. The van der Waals surface area contributed by atoms with Crippen LogP contribution in [0.15, 0.2) is 12.3 Å². The van der Waals surface area contributed by atoms with Crippen molar-refractivity contribution in [3.05, 3.63) is 29.1 Å². The summed E-state index contributed by atoms with van der Waals surface area (Å²) in [5, 5.41) is 3.17. The topological polar surface area (TPSA) is 42.0 Å². The normalized spacial score (nSPS) is 38.2. The molecular weight excluding hydrogens is 260 g/mol. The third-order valence-corrected chi connectivity index (χ3v) is 6.48. The van der Waals surface area contributed by atoms with E-state index in [2.05, 4.69) is 16.4 Å². The molecule has 0 saturated heterocycles. The van der Waals surface area contributed by atoms with Gasteiger partial charge in [0.25, 0.3) is 0 Å². The van der Waals surface area contributed by atoms with Crippen molar-refractivity contribution in [2.75, 3.05) is 0 Å². The van der Waals surface area contributed by atoms with Gasteiger partial charge >= 0.3 is 0 Å². The van der Waals surface area contributed by atoms with Crippen LogP contribution >= 0.6 is 0 Å². The highest BCUT2D eigenvalue weighted by atomic mass is 16.2. The van der Waals surface area contributed by atoms with Crippen molar-refractivity contribution in [1.82, 2.24) is 10.3 Å². The summed E-state index contributed by atoms with van der Waals surface area (Å²) in [6.45, 7) is 0.657. The highest BCUT2D eigenvalue weighted by Crippen LogP contribution is 2.69. The molecule has 1 N–H and O–H groups in total. The summed E-state index contributed by atoms with van der Waals surface area (Å²) in [7, 11) is 0. The van der Waals surface area contributed by atoms with Crippen LogP contribution in [0.5, 0.6) is 0 Å². The van der Waals surface area contributed by atoms with Gasteiger partial charge in [0.2, 0.25) is 5.91 Å². The van der Waals surface area contributed by atoms with E-state index >= 15 is 0 Å². The van der Waals surface area contributed by atoms with Crippen LogP contribution < -0.4 is 5.32 Å². The van der Waals surface area contributed by atoms with E-state index in [0.29, 0.717) is 18.4 Å². The molecule has 1 aromatic rings. The number of hydrogen-bond acceptors (Lipinski definition) is 2. The zero-order valence-corrected chi connectivity index (χ0v) is 12.3. The Labute approximate surface area is 125 Å². The first kappa shape index (κ1) is 12.2. The largest absolute Gasteiger partial charge is 0.352 e. The molecule has 2 bridgehead atoms. The first-order chi connectivity index (χ1) is 10.3. The molecule has 110 valence electrons. The third-order valence-electron chi connectivity index (χ3n) is 6.48. The molecule has 0 spiro atoms. The molecule has 1 heterocycles. The van der Waals surface area contributed by atoms with Crippen molar-refractivity contribution in [3.63, 3.8) is 0 Å². The molecule has 3 heteroatoms. The fourth-order valence-electron chi connectivity index (χ4n) is 5.56. The average molecular weight is 282 g/mol. The second kappa shape index (κ2) is 4.31. The maximum absolute atomic E-state index is 12.4. The summed E-state index contributed by atoms with van der Waals surface area (Å²) in [6.07, 6.45) is 9.62. The van der Waals surface area contributed by atoms with Gasteiger partial charge in [-0.1, -0.05) is 6.07 Å². The number of rotatable bonds is 3.